The van der Waals surface area contributed by atoms with E-state index in [2.05, 4.69) is 12.1 Å². The molecule has 0 aliphatic rings. The molecule has 0 aliphatic carbocycles. The summed E-state index contributed by atoms with van der Waals surface area (Å²) < 4.78 is 0. The van der Waals surface area contributed by atoms with Crippen molar-refractivity contribution in [3.8, 4) is 0 Å². The molecule has 2 heteroatoms. The van der Waals surface area contributed by atoms with Gasteiger partial charge in [-0.05, 0) is 16.3 Å². The Bertz CT molecular complexity index is 432. The molecule has 0 N–H and O–H groups in total. The summed E-state index contributed by atoms with van der Waals surface area (Å²) in [5.74, 6) is 0. The van der Waals surface area contributed by atoms with E-state index in [0.29, 0.717) is 6.42 Å². The zero-order valence-corrected chi connectivity index (χ0v) is 7.23. The first-order valence-corrected chi connectivity index (χ1v) is 4.32. The van der Waals surface area contributed by atoms with Gasteiger partial charge in [-0.3, -0.25) is 0 Å². The van der Waals surface area contributed by atoms with Crippen LogP contribution in [-0.4, -0.2) is 35.8 Å². The molecule has 0 spiro atoms. The van der Waals surface area contributed by atoms with Crippen molar-refractivity contribution in [3.05, 3.63) is 48.0 Å². The summed E-state index contributed by atoms with van der Waals surface area (Å²) in [5.41, 5.74) is 1.10. The van der Waals surface area contributed by atoms with Crippen LogP contribution in [-0.2, 0) is 11.2 Å². The topological polar surface area (TPSA) is 17.1 Å². The van der Waals surface area contributed by atoms with Crippen LogP contribution in [0.15, 0.2) is 42.5 Å². The molecule has 66 valence electrons. The molecule has 2 aromatic rings. The molecule has 0 amide bonds. The predicted octanol–water partition coefficient (Wildman–Crippen LogP) is 1.93. The van der Waals surface area contributed by atoms with Crippen LogP contribution in [0.1, 0.15) is 5.56 Å². The first kappa shape index (κ1) is 11.4. The van der Waals surface area contributed by atoms with Crippen molar-refractivity contribution in [2.24, 2.45) is 0 Å². The monoisotopic (exact) mass is 194 g/mol. The minimum absolute atomic E-state index is 0. The zero-order chi connectivity index (χ0) is 9.10. The maximum atomic E-state index is 10.4. The third-order valence-corrected chi connectivity index (χ3v) is 2.18. The fraction of sp³-hybridized carbons (Fsp3) is 0.0833. The number of aldehydes is 1. The number of hydrogen-bond acceptors (Lipinski definition) is 1. The molecule has 14 heavy (non-hydrogen) atoms. The second-order valence-corrected chi connectivity index (χ2v) is 3.01. The van der Waals surface area contributed by atoms with Crippen LogP contribution in [0.2, 0.25) is 0 Å². The van der Waals surface area contributed by atoms with Gasteiger partial charge in [-0.25, -0.2) is 0 Å². The van der Waals surface area contributed by atoms with Crippen molar-refractivity contribution in [3.63, 3.8) is 0 Å². The van der Waals surface area contributed by atoms with Crippen molar-refractivity contribution in [2.75, 3.05) is 0 Å². The summed E-state index contributed by atoms with van der Waals surface area (Å²) in [6.07, 6.45) is 1.45. The summed E-state index contributed by atoms with van der Waals surface area (Å²) in [6, 6.07) is 14.2. The van der Waals surface area contributed by atoms with Crippen molar-refractivity contribution in [2.45, 2.75) is 6.42 Å². The molecule has 0 saturated carbocycles. The Hall–Kier alpha value is -0.630. The van der Waals surface area contributed by atoms with Crippen LogP contribution in [0, 0.1) is 0 Å². The number of benzene rings is 2. The molecule has 0 fully saturated rings. The van der Waals surface area contributed by atoms with Crippen molar-refractivity contribution in [1.29, 1.82) is 0 Å². The number of fused-ring (bicyclic) bond motifs is 1. The molecule has 0 atom stereocenters. The standard InChI is InChI=1S/C12H10O.Na.H/c13-9-8-11-6-3-5-10-4-1-2-7-12(10)11;;/h1-7,9H,8H2;;. The third-order valence-electron chi connectivity index (χ3n) is 2.18. The van der Waals surface area contributed by atoms with E-state index < -0.39 is 0 Å². The molecule has 2 rings (SSSR count). The minimum atomic E-state index is 0. The van der Waals surface area contributed by atoms with Crippen molar-refractivity contribution in [1.82, 2.24) is 0 Å². The normalized spacial score (nSPS) is 9.43. The van der Waals surface area contributed by atoms with Gasteiger partial charge in [-0.1, -0.05) is 42.5 Å². The van der Waals surface area contributed by atoms with Gasteiger partial charge in [0.25, 0.3) is 0 Å². The maximum absolute atomic E-state index is 10.4. The SMILES string of the molecule is O=CCc1cccc2ccccc12.[NaH]. The third kappa shape index (κ3) is 2.24. The van der Waals surface area contributed by atoms with E-state index >= 15 is 0 Å². The van der Waals surface area contributed by atoms with E-state index in [4.69, 9.17) is 0 Å². The molecule has 0 bridgehead atoms. The number of rotatable bonds is 2. The van der Waals surface area contributed by atoms with Gasteiger partial charge in [0, 0.05) is 6.42 Å². The average molecular weight is 194 g/mol. The Kier molecular flexibility index (Phi) is 4.33. The molecule has 2 aromatic carbocycles. The van der Waals surface area contributed by atoms with Gasteiger partial charge in [-0.2, -0.15) is 0 Å². The Labute approximate surface area is 105 Å². The predicted molar refractivity (Wildman–Crippen MR) is 60.9 cm³/mol. The quantitative estimate of drug-likeness (QED) is 0.527. The Morgan fingerprint density at radius 2 is 1.71 bits per heavy atom. The zero-order valence-electron chi connectivity index (χ0n) is 7.23. The Morgan fingerprint density at radius 3 is 2.50 bits per heavy atom. The fourth-order valence-corrected chi connectivity index (χ4v) is 1.56. The van der Waals surface area contributed by atoms with Gasteiger partial charge in [0.15, 0.2) is 0 Å². The molecular formula is C12H11NaO. The average Bonchev–Trinajstić information content (AvgIpc) is 2.19. The second kappa shape index (κ2) is 5.30. The van der Waals surface area contributed by atoms with Crippen LogP contribution in [0.3, 0.4) is 0 Å². The summed E-state index contributed by atoms with van der Waals surface area (Å²) in [7, 11) is 0. The van der Waals surface area contributed by atoms with E-state index in [0.717, 1.165) is 11.8 Å². The van der Waals surface area contributed by atoms with Gasteiger partial charge in [-0.15, -0.1) is 0 Å². The molecule has 1 nitrogen and oxygen atoms in total. The van der Waals surface area contributed by atoms with Crippen molar-refractivity contribution >= 4 is 46.6 Å². The van der Waals surface area contributed by atoms with Crippen LogP contribution >= 0.6 is 0 Å². The molecular weight excluding hydrogens is 183 g/mol. The van der Waals surface area contributed by atoms with Gasteiger partial charge < -0.3 is 4.79 Å². The molecule has 0 aliphatic heterocycles. The molecule has 0 aromatic heterocycles. The number of carbonyl (C=O) groups excluding carboxylic acids is 1. The van der Waals surface area contributed by atoms with Crippen LogP contribution in [0.25, 0.3) is 10.8 Å². The first-order valence-electron chi connectivity index (χ1n) is 4.32. The number of carbonyl (C=O) groups is 1. The van der Waals surface area contributed by atoms with Crippen LogP contribution in [0.5, 0.6) is 0 Å². The number of hydrogen-bond donors (Lipinski definition) is 0. The van der Waals surface area contributed by atoms with Gasteiger partial charge in [0.1, 0.15) is 6.29 Å². The summed E-state index contributed by atoms with van der Waals surface area (Å²) in [4.78, 5) is 10.4. The van der Waals surface area contributed by atoms with Gasteiger partial charge in [0.2, 0.25) is 0 Å². The van der Waals surface area contributed by atoms with Gasteiger partial charge >= 0.3 is 29.6 Å². The summed E-state index contributed by atoms with van der Waals surface area (Å²) >= 11 is 0. The van der Waals surface area contributed by atoms with E-state index in [1.54, 1.807) is 0 Å². The summed E-state index contributed by atoms with van der Waals surface area (Å²) in [6.45, 7) is 0. The Morgan fingerprint density at radius 1 is 1.00 bits per heavy atom. The summed E-state index contributed by atoms with van der Waals surface area (Å²) in [5, 5.41) is 2.37. The fourth-order valence-electron chi connectivity index (χ4n) is 1.56. The Balaban J connectivity index is 0.000000980. The first-order chi connectivity index (χ1) is 6.42. The van der Waals surface area contributed by atoms with Gasteiger partial charge in [0.05, 0.1) is 0 Å². The van der Waals surface area contributed by atoms with E-state index in [-0.39, 0.29) is 29.6 Å². The molecule has 0 unspecified atom stereocenters. The van der Waals surface area contributed by atoms with E-state index in [1.165, 1.54) is 10.8 Å². The van der Waals surface area contributed by atoms with E-state index in [9.17, 15) is 4.79 Å². The molecule has 0 saturated heterocycles. The van der Waals surface area contributed by atoms with Crippen molar-refractivity contribution < 1.29 is 4.79 Å². The molecule has 0 radical (unpaired) electrons. The van der Waals surface area contributed by atoms with Crippen LogP contribution < -0.4 is 0 Å². The molecule has 0 heterocycles. The second-order valence-electron chi connectivity index (χ2n) is 3.01. The van der Waals surface area contributed by atoms with Crippen LogP contribution in [0.4, 0.5) is 0 Å². The van der Waals surface area contributed by atoms with E-state index in [1.807, 2.05) is 30.3 Å².